The fraction of sp³-hybridized carbons (Fsp3) is 0.438. The lowest BCUT2D eigenvalue weighted by atomic mass is 10.1. The van der Waals surface area contributed by atoms with Crippen LogP contribution in [0.1, 0.15) is 29.0 Å². The molecule has 1 saturated heterocycles. The summed E-state index contributed by atoms with van der Waals surface area (Å²) >= 11 is 0. The Labute approximate surface area is 123 Å². The number of para-hydroxylation sites is 1. The van der Waals surface area contributed by atoms with Gasteiger partial charge < -0.3 is 19.7 Å². The van der Waals surface area contributed by atoms with Crippen molar-refractivity contribution < 1.29 is 14.3 Å². The van der Waals surface area contributed by atoms with Crippen LogP contribution >= 0.6 is 0 Å². The van der Waals surface area contributed by atoms with Crippen molar-refractivity contribution >= 4 is 16.9 Å². The van der Waals surface area contributed by atoms with Crippen molar-refractivity contribution in [3.05, 3.63) is 35.6 Å². The van der Waals surface area contributed by atoms with Crippen LogP contribution in [-0.4, -0.2) is 42.2 Å². The van der Waals surface area contributed by atoms with Gasteiger partial charge in [-0.05, 0) is 32.0 Å². The van der Waals surface area contributed by atoms with Crippen LogP contribution in [0.5, 0.6) is 0 Å². The first-order valence-corrected chi connectivity index (χ1v) is 7.42. The molecule has 1 aliphatic heterocycles. The second-order valence-corrected chi connectivity index (χ2v) is 5.44. The van der Waals surface area contributed by atoms with E-state index in [1.54, 1.807) is 6.07 Å². The van der Waals surface area contributed by atoms with E-state index in [4.69, 9.17) is 4.42 Å². The Bertz CT molecular complexity index is 629. The van der Waals surface area contributed by atoms with Crippen LogP contribution < -0.4 is 5.32 Å². The monoisotopic (exact) mass is 288 g/mol. The Hall–Kier alpha value is -1.85. The molecule has 0 aliphatic carbocycles. The topological polar surface area (TPSA) is 65.7 Å². The summed E-state index contributed by atoms with van der Waals surface area (Å²) in [4.78, 5) is 13.7. The third-order valence-electron chi connectivity index (χ3n) is 4.00. The first-order valence-electron chi connectivity index (χ1n) is 7.42. The molecule has 112 valence electrons. The molecule has 1 fully saturated rings. The van der Waals surface area contributed by atoms with E-state index in [1.807, 2.05) is 18.2 Å². The van der Waals surface area contributed by atoms with E-state index in [0.717, 1.165) is 24.0 Å². The molecule has 0 spiro atoms. The zero-order valence-electron chi connectivity index (χ0n) is 12.0. The van der Waals surface area contributed by atoms with Gasteiger partial charge in [0.05, 0.1) is 0 Å². The molecule has 0 saturated carbocycles. The van der Waals surface area contributed by atoms with Gasteiger partial charge in [-0.25, -0.2) is 4.79 Å². The molecule has 1 aliphatic rings. The molecule has 0 atom stereocenters. The average Bonchev–Trinajstić information content (AvgIpc) is 3.11. The highest BCUT2D eigenvalue weighted by atomic mass is 16.4. The fourth-order valence-corrected chi connectivity index (χ4v) is 2.90. The van der Waals surface area contributed by atoms with Crippen molar-refractivity contribution in [3.8, 4) is 0 Å². The minimum Gasteiger partial charge on any atom is -0.475 e. The summed E-state index contributed by atoms with van der Waals surface area (Å²) in [6.07, 6.45) is 2.57. The maximum atomic E-state index is 11.3. The summed E-state index contributed by atoms with van der Waals surface area (Å²) in [5, 5.41) is 13.5. The number of carbonyl (C=O) groups is 1. The van der Waals surface area contributed by atoms with E-state index < -0.39 is 5.97 Å². The maximum Gasteiger partial charge on any atom is 0.372 e. The van der Waals surface area contributed by atoms with Crippen molar-refractivity contribution in [2.24, 2.45) is 0 Å². The number of hydrogen-bond donors (Lipinski definition) is 2. The average molecular weight is 288 g/mol. The van der Waals surface area contributed by atoms with E-state index in [2.05, 4.69) is 10.2 Å². The molecule has 3 rings (SSSR count). The standard InChI is InChI=1S/C16H20N2O3/c19-16(20)15-13(12-5-1-2-6-14(12)21-15)11-17-7-10-18-8-3-4-9-18/h1-2,5-6,17H,3-4,7-11H2,(H,19,20). The Kier molecular flexibility index (Phi) is 4.22. The first kappa shape index (κ1) is 14.1. The van der Waals surface area contributed by atoms with Crippen LogP contribution in [-0.2, 0) is 6.54 Å². The van der Waals surface area contributed by atoms with Gasteiger partial charge in [0.2, 0.25) is 5.76 Å². The molecule has 2 heterocycles. The number of benzene rings is 1. The lowest BCUT2D eigenvalue weighted by molar-refractivity contribution is 0.0663. The van der Waals surface area contributed by atoms with E-state index >= 15 is 0 Å². The van der Waals surface area contributed by atoms with E-state index in [9.17, 15) is 9.90 Å². The van der Waals surface area contributed by atoms with Gasteiger partial charge in [-0.3, -0.25) is 0 Å². The number of carboxylic acids is 1. The van der Waals surface area contributed by atoms with Gasteiger partial charge in [0.1, 0.15) is 5.58 Å². The Balaban J connectivity index is 1.67. The summed E-state index contributed by atoms with van der Waals surface area (Å²) in [5.41, 5.74) is 1.37. The first-order chi connectivity index (χ1) is 10.3. The van der Waals surface area contributed by atoms with Crippen molar-refractivity contribution in [3.63, 3.8) is 0 Å². The summed E-state index contributed by atoms with van der Waals surface area (Å²) in [5.74, 6) is -0.965. The van der Waals surface area contributed by atoms with Crippen LogP contribution in [0.4, 0.5) is 0 Å². The lowest BCUT2D eigenvalue weighted by Gasteiger charge is -2.14. The minimum atomic E-state index is -1.01. The van der Waals surface area contributed by atoms with E-state index in [0.29, 0.717) is 12.1 Å². The van der Waals surface area contributed by atoms with Crippen molar-refractivity contribution in [1.29, 1.82) is 0 Å². The molecular weight excluding hydrogens is 268 g/mol. The van der Waals surface area contributed by atoms with Gasteiger partial charge in [0, 0.05) is 30.6 Å². The second kappa shape index (κ2) is 6.28. The van der Waals surface area contributed by atoms with Crippen LogP contribution in [0, 0.1) is 0 Å². The fourth-order valence-electron chi connectivity index (χ4n) is 2.90. The predicted molar refractivity (Wildman–Crippen MR) is 80.6 cm³/mol. The highest BCUT2D eigenvalue weighted by Crippen LogP contribution is 2.25. The van der Waals surface area contributed by atoms with E-state index in [-0.39, 0.29) is 5.76 Å². The number of furan rings is 1. The smallest absolute Gasteiger partial charge is 0.372 e. The van der Waals surface area contributed by atoms with Crippen molar-refractivity contribution in [2.75, 3.05) is 26.2 Å². The van der Waals surface area contributed by atoms with Crippen molar-refractivity contribution in [1.82, 2.24) is 10.2 Å². The SMILES string of the molecule is O=C(O)c1oc2ccccc2c1CNCCN1CCCC1. The van der Waals surface area contributed by atoms with Crippen LogP contribution in [0.25, 0.3) is 11.0 Å². The third kappa shape index (κ3) is 3.09. The van der Waals surface area contributed by atoms with Gasteiger partial charge in [0.15, 0.2) is 0 Å². The summed E-state index contributed by atoms with van der Waals surface area (Å²) in [7, 11) is 0. The number of aromatic carboxylic acids is 1. The van der Waals surface area contributed by atoms with Crippen LogP contribution in [0.15, 0.2) is 28.7 Å². The molecule has 0 amide bonds. The third-order valence-corrected chi connectivity index (χ3v) is 4.00. The molecule has 0 bridgehead atoms. The number of fused-ring (bicyclic) bond motifs is 1. The zero-order chi connectivity index (χ0) is 14.7. The molecule has 2 aromatic rings. The maximum absolute atomic E-state index is 11.3. The number of hydrogen-bond acceptors (Lipinski definition) is 4. The van der Waals surface area contributed by atoms with Gasteiger partial charge in [-0.15, -0.1) is 0 Å². The molecule has 5 nitrogen and oxygen atoms in total. The van der Waals surface area contributed by atoms with Gasteiger partial charge >= 0.3 is 5.97 Å². The highest BCUT2D eigenvalue weighted by molar-refractivity contribution is 5.95. The van der Waals surface area contributed by atoms with Gasteiger partial charge in [0.25, 0.3) is 0 Å². The summed E-state index contributed by atoms with van der Waals surface area (Å²) < 4.78 is 5.44. The molecule has 1 aromatic heterocycles. The van der Waals surface area contributed by atoms with Crippen LogP contribution in [0.3, 0.4) is 0 Å². The van der Waals surface area contributed by atoms with Crippen LogP contribution in [0.2, 0.25) is 0 Å². The zero-order valence-corrected chi connectivity index (χ0v) is 12.0. The normalized spacial score (nSPS) is 15.8. The molecular formula is C16H20N2O3. The Morgan fingerprint density at radius 1 is 1.29 bits per heavy atom. The predicted octanol–water partition coefficient (Wildman–Crippen LogP) is 2.32. The number of carboxylic acid groups (broad SMARTS) is 1. The molecule has 5 heteroatoms. The number of nitrogens with one attached hydrogen (secondary N) is 1. The molecule has 0 unspecified atom stereocenters. The quantitative estimate of drug-likeness (QED) is 0.799. The number of likely N-dealkylation sites (tertiary alicyclic amines) is 1. The van der Waals surface area contributed by atoms with E-state index in [1.165, 1.54) is 25.9 Å². The van der Waals surface area contributed by atoms with Gasteiger partial charge in [-0.1, -0.05) is 18.2 Å². The largest absolute Gasteiger partial charge is 0.475 e. The Morgan fingerprint density at radius 2 is 2.05 bits per heavy atom. The molecule has 2 N–H and O–H groups in total. The number of nitrogens with zero attached hydrogens (tertiary/aromatic N) is 1. The highest BCUT2D eigenvalue weighted by Gasteiger charge is 2.19. The number of rotatable bonds is 6. The molecule has 21 heavy (non-hydrogen) atoms. The molecule has 0 radical (unpaired) electrons. The van der Waals surface area contributed by atoms with Crippen molar-refractivity contribution in [2.45, 2.75) is 19.4 Å². The minimum absolute atomic E-state index is 0.0462. The lowest BCUT2D eigenvalue weighted by Crippen LogP contribution is -2.29. The van der Waals surface area contributed by atoms with Gasteiger partial charge in [-0.2, -0.15) is 0 Å². The molecule has 1 aromatic carbocycles. The Morgan fingerprint density at radius 3 is 2.81 bits per heavy atom. The summed E-state index contributed by atoms with van der Waals surface area (Å²) in [6.45, 7) is 4.75. The second-order valence-electron chi connectivity index (χ2n) is 5.44. The summed E-state index contributed by atoms with van der Waals surface area (Å²) in [6, 6.07) is 7.46.